The molecule has 0 spiro atoms. The minimum atomic E-state index is -0.644. The van der Waals surface area contributed by atoms with Crippen LogP contribution >= 0.6 is 11.8 Å². The van der Waals surface area contributed by atoms with Gasteiger partial charge in [-0.05, 0) is 5.56 Å². The van der Waals surface area contributed by atoms with Crippen molar-refractivity contribution in [3.8, 4) is 0 Å². The van der Waals surface area contributed by atoms with Gasteiger partial charge in [0.15, 0.2) is 0 Å². The summed E-state index contributed by atoms with van der Waals surface area (Å²) in [5.41, 5.74) is 0.821. The number of aliphatic hydroxyl groups is 1. The Balaban J connectivity index is 1.80. The first kappa shape index (κ1) is 12.4. The maximum Gasteiger partial charge on any atom is 0.238 e. The zero-order chi connectivity index (χ0) is 12.1. The highest BCUT2D eigenvalue weighted by molar-refractivity contribution is 7.99. The zero-order valence-electron chi connectivity index (χ0n) is 9.43. The molecule has 0 aliphatic carbocycles. The largest absolute Gasteiger partial charge is 0.387 e. The van der Waals surface area contributed by atoms with E-state index < -0.39 is 6.10 Å². The quantitative estimate of drug-likeness (QED) is 0.730. The predicted octanol–water partition coefficient (Wildman–Crippen LogP) is 0.499. The van der Waals surface area contributed by atoms with E-state index in [9.17, 15) is 9.90 Å². The van der Waals surface area contributed by atoms with Gasteiger partial charge in [-0.25, -0.2) is 0 Å². The summed E-state index contributed by atoms with van der Waals surface area (Å²) in [5, 5.41) is 15.7. The normalized spacial score (nSPS) is 21.1. The molecule has 0 bridgehead atoms. The van der Waals surface area contributed by atoms with Crippen LogP contribution < -0.4 is 10.6 Å². The number of nitrogens with one attached hydrogen (secondary N) is 2. The number of rotatable bonds is 4. The number of hydrogen-bond donors (Lipinski definition) is 3. The third-order valence-corrected chi connectivity index (χ3v) is 3.63. The molecule has 2 unspecified atom stereocenters. The lowest BCUT2D eigenvalue weighted by molar-refractivity contribution is -0.122. The van der Waals surface area contributed by atoms with Gasteiger partial charge in [-0.1, -0.05) is 30.3 Å². The zero-order valence-corrected chi connectivity index (χ0v) is 10.2. The molecule has 5 heteroatoms. The van der Waals surface area contributed by atoms with E-state index in [1.807, 2.05) is 30.3 Å². The van der Waals surface area contributed by atoms with Crippen molar-refractivity contribution in [3.05, 3.63) is 35.9 Å². The maximum absolute atomic E-state index is 11.7. The maximum atomic E-state index is 11.7. The summed E-state index contributed by atoms with van der Waals surface area (Å²) in [6.07, 6.45) is -0.644. The van der Waals surface area contributed by atoms with Crippen molar-refractivity contribution >= 4 is 17.7 Å². The Bertz CT molecular complexity index is 366. The SMILES string of the molecule is O=C(NCC(O)c1ccccc1)C1CSCN1. The van der Waals surface area contributed by atoms with Crippen LogP contribution in [-0.4, -0.2) is 35.2 Å². The second-order valence-corrected chi connectivity index (χ2v) is 4.97. The lowest BCUT2D eigenvalue weighted by Crippen LogP contribution is -2.43. The molecule has 2 rings (SSSR count). The van der Waals surface area contributed by atoms with E-state index in [4.69, 9.17) is 0 Å². The van der Waals surface area contributed by atoms with Crippen LogP contribution in [0, 0.1) is 0 Å². The lowest BCUT2D eigenvalue weighted by atomic mass is 10.1. The Hall–Kier alpha value is -1.04. The van der Waals surface area contributed by atoms with Crippen molar-refractivity contribution < 1.29 is 9.90 Å². The topological polar surface area (TPSA) is 61.4 Å². The molecule has 1 saturated heterocycles. The Morgan fingerprint density at radius 1 is 1.53 bits per heavy atom. The van der Waals surface area contributed by atoms with Gasteiger partial charge < -0.3 is 10.4 Å². The van der Waals surface area contributed by atoms with Gasteiger partial charge in [0.05, 0.1) is 12.1 Å². The minimum absolute atomic E-state index is 0.0371. The molecule has 0 radical (unpaired) electrons. The van der Waals surface area contributed by atoms with Crippen molar-refractivity contribution in [3.63, 3.8) is 0 Å². The van der Waals surface area contributed by atoms with Crippen LogP contribution in [0.4, 0.5) is 0 Å². The second-order valence-electron chi connectivity index (χ2n) is 3.94. The summed E-state index contributed by atoms with van der Waals surface area (Å²) in [5.74, 6) is 1.58. The van der Waals surface area contributed by atoms with E-state index in [0.29, 0.717) is 0 Å². The summed E-state index contributed by atoms with van der Waals surface area (Å²) >= 11 is 1.71. The van der Waals surface area contributed by atoms with Crippen LogP contribution in [0.25, 0.3) is 0 Å². The number of amides is 1. The summed E-state index contributed by atoms with van der Waals surface area (Å²) in [4.78, 5) is 11.7. The average molecular weight is 252 g/mol. The molecule has 2 atom stereocenters. The molecular weight excluding hydrogens is 236 g/mol. The number of thioether (sulfide) groups is 1. The van der Waals surface area contributed by atoms with Crippen molar-refractivity contribution in [2.24, 2.45) is 0 Å². The van der Waals surface area contributed by atoms with Gasteiger partial charge in [0.25, 0.3) is 0 Å². The average Bonchev–Trinajstić information content (AvgIpc) is 2.90. The summed E-state index contributed by atoms with van der Waals surface area (Å²) < 4.78 is 0. The van der Waals surface area contributed by atoms with E-state index in [2.05, 4.69) is 10.6 Å². The number of carbonyl (C=O) groups excluding carboxylic acids is 1. The van der Waals surface area contributed by atoms with E-state index in [1.54, 1.807) is 11.8 Å². The molecular formula is C12H16N2O2S. The van der Waals surface area contributed by atoms with Crippen LogP contribution in [0.3, 0.4) is 0 Å². The molecule has 4 nitrogen and oxygen atoms in total. The number of benzene rings is 1. The van der Waals surface area contributed by atoms with Crippen molar-refractivity contribution in [2.45, 2.75) is 12.1 Å². The highest BCUT2D eigenvalue weighted by Gasteiger charge is 2.22. The van der Waals surface area contributed by atoms with Gasteiger partial charge in [0.2, 0.25) is 5.91 Å². The smallest absolute Gasteiger partial charge is 0.238 e. The van der Waals surface area contributed by atoms with Gasteiger partial charge >= 0.3 is 0 Å². The molecule has 17 heavy (non-hydrogen) atoms. The first-order chi connectivity index (χ1) is 8.27. The molecule has 3 N–H and O–H groups in total. The van der Waals surface area contributed by atoms with Crippen molar-refractivity contribution in [1.82, 2.24) is 10.6 Å². The molecule has 1 heterocycles. The highest BCUT2D eigenvalue weighted by Crippen LogP contribution is 2.12. The molecule has 92 valence electrons. The summed E-state index contributed by atoms with van der Waals surface area (Å²) in [6, 6.07) is 9.21. The van der Waals surface area contributed by atoms with Gasteiger partial charge in [0, 0.05) is 18.2 Å². The van der Waals surface area contributed by atoms with Crippen LogP contribution in [0.5, 0.6) is 0 Å². The monoisotopic (exact) mass is 252 g/mol. The molecule has 1 fully saturated rings. The Morgan fingerprint density at radius 3 is 2.94 bits per heavy atom. The molecule has 0 aromatic heterocycles. The number of hydrogen-bond acceptors (Lipinski definition) is 4. The fourth-order valence-electron chi connectivity index (χ4n) is 1.68. The third-order valence-electron chi connectivity index (χ3n) is 2.69. The second kappa shape index (κ2) is 6.05. The summed E-state index contributed by atoms with van der Waals surface area (Å²) in [7, 11) is 0. The molecule has 1 aliphatic heterocycles. The third kappa shape index (κ3) is 3.46. The standard InChI is InChI=1S/C12H16N2O2S/c15-11(9-4-2-1-3-5-9)6-13-12(16)10-7-17-8-14-10/h1-5,10-11,14-15H,6-8H2,(H,13,16). The van der Waals surface area contributed by atoms with E-state index in [-0.39, 0.29) is 18.5 Å². The van der Waals surface area contributed by atoms with Crippen molar-refractivity contribution in [2.75, 3.05) is 18.2 Å². The Morgan fingerprint density at radius 2 is 2.29 bits per heavy atom. The lowest BCUT2D eigenvalue weighted by Gasteiger charge is -2.14. The predicted molar refractivity (Wildman–Crippen MR) is 68.7 cm³/mol. The van der Waals surface area contributed by atoms with Crippen molar-refractivity contribution in [1.29, 1.82) is 0 Å². The van der Waals surface area contributed by atoms with Crippen LogP contribution in [0.2, 0.25) is 0 Å². The number of carbonyl (C=O) groups is 1. The molecule has 1 aromatic rings. The van der Waals surface area contributed by atoms with Crippen LogP contribution in [0.1, 0.15) is 11.7 Å². The molecule has 1 aromatic carbocycles. The highest BCUT2D eigenvalue weighted by atomic mass is 32.2. The first-order valence-electron chi connectivity index (χ1n) is 5.59. The molecule has 0 saturated carbocycles. The van der Waals surface area contributed by atoms with E-state index in [0.717, 1.165) is 17.2 Å². The first-order valence-corrected chi connectivity index (χ1v) is 6.74. The van der Waals surface area contributed by atoms with E-state index >= 15 is 0 Å². The van der Waals surface area contributed by atoms with Crippen LogP contribution in [-0.2, 0) is 4.79 Å². The minimum Gasteiger partial charge on any atom is -0.387 e. The van der Waals surface area contributed by atoms with Gasteiger partial charge in [-0.2, -0.15) is 0 Å². The fraction of sp³-hybridized carbons (Fsp3) is 0.417. The summed E-state index contributed by atoms with van der Waals surface area (Å²) in [6.45, 7) is 0.256. The van der Waals surface area contributed by atoms with E-state index in [1.165, 1.54) is 0 Å². The number of aliphatic hydroxyl groups excluding tert-OH is 1. The fourth-order valence-corrected chi connectivity index (χ4v) is 2.62. The van der Waals surface area contributed by atoms with Gasteiger partial charge in [0.1, 0.15) is 0 Å². The van der Waals surface area contributed by atoms with Gasteiger partial charge in [-0.3, -0.25) is 10.1 Å². The van der Waals surface area contributed by atoms with Gasteiger partial charge in [-0.15, -0.1) is 11.8 Å². The Kier molecular flexibility index (Phi) is 4.42. The molecule has 1 amide bonds. The Labute approximate surface area is 105 Å². The molecule has 1 aliphatic rings. The van der Waals surface area contributed by atoms with Crippen LogP contribution in [0.15, 0.2) is 30.3 Å².